The first-order chi connectivity index (χ1) is 6.03. The van der Waals surface area contributed by atoms with Crippen LogP contribution in [0.25, 0.3) is 0 Å². The number of H-pyrrole nitrogens is 1. The van der Waals surface area contributed by atoms with E-state index >= 15 is 0 Å². The molecule has 0 aliphatic carbocycles. The second-order valence-corrected chi connectivity index (χ2v) is 4.29. The molecule has 0 spiro atoms. The van der Waals surface area contributed by atoms with Gasteiger partial charge in [0.1, 0.15) is 0 Å². The van der Waals surface area contributed by atoms with Crippen molar-refractivity contribution < 1.29 is 0 Å². The molecular weight excluding hydrogens is 162 g/mol. The lowest BCUT2D eigenvalue weighted by atomic mass is 9.90. The normalized spacial score (nSPS) is 11.7. The minimum Gasteiger partial charge on any atom is -0.355 e. The predicted molar refractivity (Wildman–Crippen MR) is 55.9 cm³/mol. The van der Waals surface area contributed by atoms with Crippen LogP contribution in [0.15, 0.2) is 6.20 Å². The number of aromatic amines is 1. The fourth-order valence-corrected chi connectivity index (χ4v) is 0.951. The zero-order valence-corrected chi connectivity index (χ0v) is 8.94. The first-order valence-corrected chi connectivity index (χ1v) is 4.79. The largest absolute Gasteiger partial charge is 0.355 e. The molecule has 3 nitrogen and oxygen atoms in total. The summed E-state index contributed by atoms with van der Waals surface area (Å²) in [5.41, 5.74) is 1.43. The van der Waals surface area contributed by atoms with Crippen LogP contribution >= 0.6 is 0 Å². The van der Waals surface area contributed by atoms with Gasteiger partial charge in [-0.15, -0.1) is 0 Å². The average Bonchev–Trinajstić information content (AvgIpc) is 2.48. The highest BCUT2D eigenvalue weighted by Crippen LogP contribution is 2.19. The average molecular weight is 181 g/mol. The van der Waals surface area contributed by atoms with Crippen LogP contribution in [0.2, 0.25) is 0 Å². The summed E-state index contributed by atoms with van der Waals surface area (Å²) >= 11 is 0. The van der Waals surface area contributed by atoms with E-state index in [2.05, 4.69) is 36.1 Å². The van der Waals surface area contributed by atoms with Crippen molar-refractivity contribution in [1.29, 1.82) is 0 Å². The maximum Gasteiger partial charge on any atom is 0.200 e. The molecule has 0 fully saturated rings. The summed E-state index contributed by atoms with van der Waals surface area (Å²) in [6, 6.07) is 0. The van der Waals surface area contributed by atoms with Crippen molar-refractivity contribution in [1.82, 2.24) is 9.97 Å². The molecule has 1 heterocycles. The number of hydrogen-bond donors (Lipinski definition) is 2. The minimum atomic E-state index is 0.334. The van der Waals surface area contributed by atoms with Crippen molar-refractivity contribution in [3.8, 4) is 0 Å². The van der Waals surface area contributed by atoms with E-state index in [1.54, 1.807) is 0 Å². The highest BCUT2D eigenvalue weighted by atomic mass is 15.1. The van der Waals surface area contributed by atoms with E-state index in [4.69, 9.17) is 0 Å². The quantitative estimate of drug-likeness (QED) is 0.749. The van der Waals surface area contributed by atoms with Gasteiger partial charge < -0.3 is 10.3 Å². The molecule has 0 atom stereocenters. The van der Waals surface area contributed by atoms with Crippen LogP contribution in [0, 0.1) is 12.3 Å². The minimum absolute atomic E-state index is 0.334. The molecule has 0 saturated heterocycles. The fourth-order valence-electron chi connectivity index (χ4n) is 0.951. The number of hydrogen-bond acceptors (Lipinski definition) is 2. The Balaban J connectivity index is 2.43. The zero-order chi connectivity index (χ0) is 9.90. The lowest BCUT2D eigenvalue weighted by Crippen LogP contribution is -2.22. The molecule has 1 rings (SSSR count). The third-order valence-corrected chi connectivity index (χ3v) is 2.39. The summed E-state index contributed by atoms with van der Waals surface area (Å²) in [5, 5.41) is 3.29. The van der Waals surface area contributed by atoms with Gasteiger partial charge in [-0.2, -0.15) is 0 Å². The van der Waals surface area contributed by atoms with Gasteiger partial charge in [0, 0.05) is 18.4 Å². The number of nitrogens with one attached hydrogen (secondary N) is 2. The Labute approximate surface area is 80.0 Å². The molecule has 74 valence electrons. The van der Waals surface area contributed by atoms with Gasteiger partial charge in [-0.3, -0.25) is 0 Å². The van der Waals surface area contributed by atoms with Crippen LogP contribution in [-0.4, -0.2) is 16.5 Å². The first kappa shape index (κ1) is 10.1. The number of aryl methyl sites for hydroxylation is 1. The van der Waals surface area contributed by atoms with E-state index in [0.717, 1.165) is 18.2 Å². The summed E-state index contributed by atoms with van der Waals surface area (Å²) < 4.78 is 0. The van der Waals surface area contributed by atoms with Gasteiger partial charge in [-0.25, -0.2) is 4.98 Å². The third kappa shape index (κ3) is 3.09. The second-order valence-electron chi connectivity index (χ2n) is 4.29. The van der Waals surface area contributed by atoms with Gasteiger partial charge in [-0.1, -0.05) is 20.8 Å². The van der Waals surface area contributed by atoms with Gasteiger partial charge >= 0.3 is 0 Å². The predicted octanol–water partition coefficient (Wildman–Crippen LogP) is 2.57. The smallest absolute Gasteiger partial charge is 0.200 e. The monoisotopic (exact) mass is 181 g/mol. The van der Waals surface area contributed by atoms with Gasteiger partial charge in [0.05, 0.1) is 0 Å². The molecule has 3 heteroatoms. The first-order valence-electron chi connectivity index (χ1n) is 4.79. The van der Waals surface area contributed by atoms with E-state index in [0.29, 0.717) is 5.41 Å². The maximum atomic E-state index is 4.19. The van der Waals surface area contributed by atoms with Crippen LogP contribution in [0.3, 0.4) is 0 Å². The Morgan fingerprint density at radius 2 is 2.23 bits per heavy atom. The van der Waals surface area contributed by atoms with Crippen molar-refractivity contribution in [2.75, 3.05) is 11.9 Å². The number of aromatic nitrogens is 2. The van der Waals surface area contributed by atoms with Crippen molar-refractivity contribution in [3.63, 3.8) is 0 Å². The Kier molecular flexibility index (Phi) is 2.96. The Hall–Kier alpha value is -0.990. The summed E-state index contributed by atoms with van der Waals surface area (Å²) in [4.78, 5) is 7.34. The summed E-state index contributed by atoms with van der Waals surface area (Å²) in [6.45, 7) is 9.65. The summed E-state index contributed by atoms with van der Waals surface area (Å²) in [6.07, 6.45) is 3.00. The number of nitrogens with zero attached hydrogens (tertiary/aromatic N) is 1. The highest BCUT2D eigenvalue weighted by Gasteiger charge is 2.14. The summed E-state index contributed by atoms with van der Waals surface area (Å²) in [7, 11) is 0. The molecule has 0 amide bonds. The third-order valence-electron chi connectivity index (χ3n) is 2.39. The SMILES string of the molecule is CCC(C)(C)CNc1ncc(C)[nH]1. The molecule has 0 radical (unpaired) electrons. The van der Waals surface area contributed by atoms with E-state index < -0.39 is 0 Å². The number of imidazole rings is 1. The molecule has 0 bridgehead atoms. The molecule has 0 aromatic carbocycles. The molecule has 0 saturated carbocycles. The van der Waals surface area contributed by atoms with Crippen LogP contribution in [0.5, 0.6) is 0 Å². The summed E-state index contributed by atoms with van der Waals surface area (Å²) in [5.74, 6) is 0.874. The van der Waals surface area contributed by atoms with Crippen LogP contribution in [0.4, 0.5) is 5.95 Å². The van der Waals surface area contributed by atoms with Gasteiger partial charge in [0.15, 0.2) is 5.95 Å². The molecule has 1 aromatic rings. The molecule has 1 aromatic heterocycles. The lowest BCUT2D eigenvalue weighted by molar-refractivity contribution is 0.376. The fraction of sp³-hybridized carbons (Fsp3) is 0.700. The molecule has 0 aliphatic rings. The van der Waals surface area contributed by atoms with Crippen molar-refractivity contribution in [3.05, 3.63) is 11.9 Å². The standard InChI is InChI=1S/C10H19N3/c1-5-10(3,4)7-12-9-11-6-8(2)13-9/h6H,5,7H2,1-4H3,(H2,11,12,13). The Morgan fingerprint density at radius 1 is 1.54 bits per heavy atom. The topological polar surface area (TPSA) is 40.7 Å². The highest BCUT2D eigenvalue weighted by molar-refractivity contribution is 5.26. The van der Waals surface area contributed by atoms with Gasteiger partial charge in [-0.05, 0) is 18.8 Å². The van der Waals surface area contributed by atoms with Crippen LogP contribution in [-0.2, 0) is 0 Å². The van der Waals surface area contributed by atoms with Crippen molar-refractivity contribution in [2.24, 2.45) is 5.41 Å². The number of rotatable bonds is 4. The zero-order valence-electron chi connectivity index (χ0n) is 8.94. The van der Waals surface area contributed by atoms with E-state index in [1.165, 1.54) is 6.42 Å². The van der Waals surface area contributed by atoms with Crippen LogP contribution in [0.1, 0.15) is 32.9 Å². The number of anilines is 1. The Morgan fingerprint density at radius 3 is 2.69 bits per heavy atom. The van der Waals surface area contributed by atoms with Gasteiger partial charge in [0.25, 0.3) is 0 Å². The van der Waals surface area contributed by atoms with Crippen molar-refractivity contribution >= 4 is 5.95 Å². The maximum absolute atomic E-state index is 4.19. The van der Waals surface area contributed by atoms with Crippen molar-refractivity contribution in [2.45, 2.75) is 34.1 Å². The second kappa shape index (κ2) is 3.81. The molecule has 0 unspecified atom stereocenters. The lowest BCUT2D eigenvalue weighted by Gasteiger charge is -2.22. The van der Waals surface area contributed by atoms with E-state index in [1.807, 2.05) is 13.1 Å². The van der Waals surface area contributed by atoms with E-state index in [-0.39, 0.29) is 0 Å². The van der Waals surface area contributed by atoms with E-state index in [9.17, 15) is 0 Å². The molecule has 2 N–H and O–H groups in total. The Bertz CT molecular complexity index is 263. The molecule has 0 aliphatic heterocycles. The van der Waals surface area contributed by atoms with Gasteiger partial charge in [0.2, 0.25) is 0 Å². The van der Waals surface area contributed by atoms with Crippen LogP contribution < -0.4 is 5.32 Å². The molecular formula is C10H19N3. The molecule has 13 heavy (non-hydrogen) atoms.